The van der Waals surface area contributed by atoms with Gasteiger partial charge >= 0.3 is 5.97 Å². The van der Waals surface area contributed by atoms with E-state index in [4.69, 9.17) is 9.47 Å². The van der Waals surface area contributed by atoms with Crippen molar-refractivity contribution in [2.45, 2.75) is 25.9 Å². The summed E-state index contributed by atoms with van der Waals surface area (Å²) in [6, 6.07) is 26.7. The highest BCUT2D eigenvalue weighted by atomic mass is 16.5. The van der Waals surface area contributed by atoms with Crippen molar-refractivity contribution >= 4 is 5.97 Å². The van der Waals surface area contributed by atoms with Crippen LogP contribution in [0.15, 0.2) is 84.9 Å². The second-order valence-electron chi connectivity index (χ2n) is 6.33. The van der Waals surface area contributed by atoms with E-state index in [1.807, 2.05) is 72.8 Å². The van der Waals surface area contributed by atoms with Gasteiger partial charge in [0.15, 0.2) is 6.10 Å². The van der Waals surface area contributed by atoms with Crippen molar-refractivity contribution in [1.82, 2.24) is 0 Å². The monoisotopic (exact) mass is 360 g/mol. The molecule has 0 aromatic heterocycles. The fraction of sp³-hybridized carbons (Fsp3) is 0.208. The summed E-state index contributed by atoms with van der Waals surface area (Å²) < 4.78 is 11.5. The van der Waals surface area contributed by atoms with Crippen molar-refractivity contribution in [2.75, 3.05) is 6.61 Å². The first kappa shape index (κ1) is 18.7. The normalized spacial score (nSPS) is 10.6. The Kier molecular flexibility index (Phi) is 6.64. The van der Waals surface area contributed by atoms with E-state index in [9.17, 15) is 4.79 Å². The van der Waals surface area contributed by atoms with Crippen LogP contribution in [-0.2, 0) is 4.74 Å². The molecule has 0 radical (unpaired) electrons. The van der Waals surface area contributed by atoms with Gasteiger partial charge in [0, 0.05) is 0 Å². The summed E-state index contributed by atoms with van der Waals surface area (Å²) in [4.78, 5) is 12.7. The van der Waals surface area contributed by atoms with Gasteiger partial charge in [-0.3, -0.25) is 0 Å². The molecule has 0 N–H and O–H groups in total. The Morgan fingerprint density at radius 2 is 1.37 bits per heavy atom. The summed E-state index contributed by atoms with van der Waals surface area (Å²) in [5, 5.41) is 0. The lowest BCUT2D eigenvalue weighted by Crippen LogP contribution is -2.13. The lowest BCUT2D eigenvalue weighted by atomic mass is 10.0. The third-order valence-electron chi connectivity index (χ3n) is 4.29. The van der Waals surface area contributed by atoms with Crippen LogP contribution in [0.4, 0.5) is 0 Å². The third kappa shape index (κ3) is 5.20. The average Bonchev–Trinajstić information content (AvgIpc) is 2.74. The second kappa shape index (κ2) is 9.58. The molecule has 0 saturated heterocycles. The molecule has 3 aromatic rings. The van der Waals surface area contributed by atoms with Crippen LogP contribution < -0.4 is 4.74 Å². The predicted octanol–water partition coefficient (Wildman–Crippen LogP) is 5.81. The Hall–Kier alpha value is -3.07. The topological polar surface area (TPSA) is 35.5 Å². The Labute approximate surface area is 160 Å². The van der Waals surface area contributed by atoms with Gasteiger partial charge in [-0.25, -0.2) is 4.79 Å². The van der Waals surface area contributed by atoms with E-state index < -0.39 is 6.10 Å². The van der Waals surface area contributed by atoms with E-state index in [2.05, 4.69) is 6.92 Å². The van der Waals surface area contributed by atoms with E-state index in [0.717, 1.165) is 29.7 Å². The molecule has 3 nitrogen and oxygen atoms in total. The number of benzene rings is 3. The summed E-state index contributed by atoms with van der Waals surface area (Å²) in [7, 11) is 0. The van der Waals surface area contributed by atoms with Crippen molar-refractivity contribution < 1.29 is 14.3 Å². The summed E-state index contributed by atoms with van der Waals surface area (Å²) in [5.41, 5.74) is 2.39. The highest BCUT2D eigenvalue weighted by molar-refractivity contribution is 5.89. The molecule has 0 aliphatic carbocycles. The van der Waals surface area contributed by atoms with Gasteiger partial charge in [-0.2, -0.15) is 0 Å². The highest BCUT2D eigenvalue weighted by Gasteiger charge is 2.19. The van der Waals surface area contributed by atoms with E-state index in [0.29, 0.717) is 12.2 Å². The molecular weight excluding hydrogens is 336 g/mol. The maximum Gasteiger partial charge on any atom is 0.339 e. The first-order chi connectivity index (χ1) is 13.3. The molecule has 0 saturated carbocycles. The minimum Gasteiger partial charge on any atom is -0.494 e. The molecule has 0 spiro atoms. The fourth-order valence-corrected chi connectivity index (χ4v) is 2.78. The third-order valence-corrected chi connectivity index (χ3v) is 4.29. The fourth-order valence-electron chi connectivity index (χ4n) is 2.78. The minimum absolute atomic E-state index is 0.354. The number of hydrogen-bond donors (Lipinski definition) is 0. The van der Waals surface area contributed by atoms with E-state index in [-0.39, 0.29) is 5.97 Å². The Balaban J connectivity index is 1.75. The van der Waals surface area contributed by atoms with Crippen molar-refractivity contribution in [1.29, 1.82) is 0 Å². The number of carbonyl (C=O) groups is 1. The number of hydrogen-bond acceptors (Lipinski definition) is 3. The Morgan fingerprint density at radius 3 is 1.89 bits per heavy atom. The Bertz CT molecular complexity index is 787. The van der Waals surface area contributed by atoms with E-state index in [1.165, 1.54) is 0 Å². The van der Waals surface area contributed by atoms with Crippen LogP contribution in [0.3, 0.4) is 0 Å². The van der Waals surface area contributed by atoms with E-state index in [1.54, 1.807) is 12.1 Å². The largest absolute Gasteiger partial charge is 0.494 e. The van der Waals surface area contributed by atoms with Crippen LogP contribution in [0.2, 0.25) is 0 Å². The van der Waals surface area contributed by atoms with Gasteiger partial charge in [-0.15, -0.1) is 0 Å². The van der Waals surface area contributed by atoms with Gasteiger partial charge in [-0.05, 0) is 41.8 Å². The van der Waals surface area contributed by atoms with Crippen LogP contribution >= 0.6 is 0 Å². The average molecular weight is 360 g/mol. The molecule has 138 valence electrons. The number of rotatable bonds is 8. The zero-order valence-corrected chi connectivity index (χ0v) is 15.5. The zero-order chi connectivity index (χ0) is 18.9. The summed E-state index contributed by atoms with van der Waals surface area (Å²) in [5.74, 6) is 0.412. The number of carbonyl (C=O) groups excluding carboxylic acids is 1. The number of ether oxygens (including phenoxy) is 2. The van der Waals surface area contributed by atoms with Crippen molar-refractivity contribution in [2.24, 2.45) is 0 Å². The molecule has 27 heavy (non-hydrogen) atoms. The van der Waals surface area contributed by atoms with Crippen LogP contribution in [0.1, 0.15) is 47.4 Å². The Morgan fingerprint density at radius 1 is 0.815 bits per heavy atom. The standard InChI is InChI=1S/C24H24O3/c1-2-3-18-26-22-16-14-21(15-17-22)24(25)27-23(19-10-6-4-7-11-19)20-12-8-5-9-13-20/h4-17,23H,2-3,18H2,1H3. The summed E-state index contributed by atoms with van der Waals surface area (Å²) in [6.45, 7) is 2.81. The molecule has 0 heterocycles. The van der Waals surface area contributed by atoms with Gasteiger partial charge in [0.2, 0.25) is 0 Å². The van der Waals surface area contributed by atoms with Gasteiger partial charge in [0.1, 0.15) is 5.75 Å². The molecule has 3 rings (SSSR count). The maximum absolute atomic E-state index is 12.7. The molecule has 0 aliphatic heterocycles. The number of esters is 1. The lowest BCUT2D eigenvalue weighted by molar-refractivity contribution is 0.0378. The first-order valence-electron chi connectivity index (χ1n) is 9.31. The van der Waals surface area contributed by atoms with Gasteiger partial charge in [0.05, 0.1) is 12.2 Å². The van der Waals surface area contributed by atoms with Gasteiger partial charge in [-0.1, -0.05) is 74.0 Å². The SMILES string of the molecule is CCCCOc1ccc(C(=O)OC(c2ccccc2)c2ccccc2)cc1. The van der Waals surface area contributed by atoms with Crippen LogP contribution in [0.5, 0.6) is 5.75 Å². The first-order valence-corrected chi connectivity index (χ1v) is 9.31. The van der Waals surface area contributed by atoms with E-state index >= 15 is 0 Å². The lowest BCUT2D eigenvalue weighted by Gasteiger charge is -2.19. The number of unbranched alkanes of at least 4 members (excludes halogenated alkanes) is 1. The molecule has 0 aliphatic rings. The molecular formula is C24H24O3. The molecule has 0 atom stereocenters. The molecule has 0 unspecified atom stereocenters. The quantitative estimate of drug-likeness (QED) is 0.375. The van der Waals surface area contributed by atoms with Gasteiger partial charge < -0.3 is 9.47 Å². The minimum atomic E-state index is -0.444. The maximum atomic E-state index is 12.7. The smallest absolute Gasteiger partial charge is 0.339 e. The second-order valence-corrected chi connectivity index (χ2v) is 6.33. The van der Waals surface area contributed by atoms with Crippen LogP contribution in [-0.4, -0.2) is 12.6 Å². The molecule has 3 heteroatoms. The van der Waals surface area contributed by atoms with Crippen LogP contribution in [0.25, 0.3) is 0 Å². The molecule has 0 amide bonds. The molecule has 3 aromatic carbocycles. The highest BCUT2D eigenvalue weighted by Crippen LogP contribution is 2.27. The molecule has 0 bridgehead atoms. The zero-order valence-electron chi connectivity index (χ0n) is 15.5. The summed E-state index contributed by atoms with van der Waals surface area (Å²) in [6.07, 6.45) is 1.66. The van der Waals surface area contributed by atoms with Crippen LogP contribution in [0, 0.1) is 0 Å². The van der Waals surface area contributed by atoms with Gasteiger partial charge in [0.25, 0.3) is 0 Å². The van der Waals surface area contributed by atoms with Crippen molar-refractivity contribution in [3.05, 3.63) is 102 Å². The van der Waals surface area contributed by atoms with Crippen molar-refractivity contribution in [3.63, 3.8) is 0 Å². The van der Waals surface area contributed by atoms with Crippen molar-refractivity contribution in [3.8, 4) is 5.75 Å². The predicted molar refractivity (Wildman–Crippen MR) is 107 cm³/mol. The molecule has 0 fully saturated rings. The summed E-state index contributed by atoms with van der Waals surface area (Å²) >= 11 is 0.